The molecule has 26 heavy (non-hydrogen) atoms. The molecule has 0 aliphatic rings. The van der Waals surface area contributed by atoms with Crippen LogP contribution in [0.4, 0.5) is 11.4 Å². The van der Waals surface area contributed by atoms with Gasteiger partial charge < -0.3 is 5.32 Å². The number of amides is 1. The van der Waals surface area contributed by atoms with Crippen molar-refractivity contribution < 1.29 is 13.2 Å². The summed E-state index contributed by atoms with van der Waals surface area (Å²) in [6.07, 6.45) is 0. The Morgan fingerprint density at radius 1 is 1.00 bits per heavy atom. The van der Waals surface area contributed by atoms with E-state index in [1.54, 1.807) is 62.5 Å². The minimum Gasteiger partial charge on any atom is -0.321 e. The molecule has 134 valence electrons. The van der Waals surface area contributed by atoms with Crippen LogP contribution in [0.2, 0.25) is 0 Å². The number of aromatic nitrogens is 2. The molecule has 2 aromatic carbocycles. The Labute approximate surface area is 151 Å². The fourth-order valence-electron chi connectivity index (χ4n) is 2.49. The van der Waals surface area contributed by atoms with E-state index in [-0.39, 0.29) is 10.8 Å². The lowest BCUT2D eigenvalue weighted by atomic mass is 10.2. The molecule has 1 amide bonds. The summed E-state index contributed by atoms with van der Waals surface area (Å²) in [6, 6.07) is 16.3. The van der Waals surface area contributed by atoms with Crippen LogP contribution >= 0.6 is 0 Å². The minimum atomic E-state index is -3.69. The molecule has 0 saturated carbocycles. The van der Waals surface area contributed by atoms with Gasteiger partial charge in [0.25, 0.3) is 15.9 Å². The Balaban J connectivity index is 1.78. The molecule has 0 atom stereocenters. The molecule has 0 unspecified atom stereocenters. The Bertz CT molecular complexity index is 1040. The maximum absolute atomic E-state index is 12.4. The molecule has 0 aliphatic carbocycles. The van der Waals surface area contributed by atoms with Crippen LogP contribution in [-0.4, -0.2) is 24.1 Å². The molecule has 2 N–H and O–H groups in total. The third-order valence-electron chi connectivity index (χ3n) is 3.66. The van der Waals surface area contributed by atoms with Crippen LogP contribution in [0.5, 0.6) is 0 Å². The van der Waals surface area contributed by atoms with Gasteiger partial charge in [-0.15, -0.1) is 0 Å². The van der Waals surface area contributed by atoms with Gasteiger partial charge in [0.05, 0.1) is 16.3 Å². The molecule has 0 saturated heterocycles. The lowest BCUT2D eigenvalue weighted by Gasteiger charge is -2.10. The minimum absolute atomic E-state index is 0.166. The summed E-state index contributed by atoms with van der Waals surface area (Å²) in [4.78, 5) is 12.5. The Kier molecular flexibility index (Phi) is 4.77. The summed E-state index contributed by atoms with van der Waals surface area (Å²) >= 11 is 0. The number of aryl methyl sites for hydroxylation is 2. The zero-order valence-electron chi connectivity index (χ0n) is 14.3. The van der Waals surface area contributed by atoms with E-state index in [4.69, 9.17) is 0 Å². The average Bonchev–Trinajstić information content (AvgIpc) is 2.94. The van der Waals surface area contributed by atoms with Crippen molar-refractivity contribution in [2.45, 2.75) is 11.8 Å². The number of nitrogens with one attached hydrogen (secondary N) is 2. The molecular weight excluding hydrogens is 352 g/mol. The van der Waals surface area contributed by atoms with Crippen molar-refractivity contribution in [1.82, 2.24) is 9.78 Å². The first kappa shape index (κ1) is 17.7. The summed E-state index contributed by atoms with van der Waals surface area (Å²) in [5.74, 6) is -0.323. The van der Waals surface area contributed by atoms with Crippen molar-refractivity contribution >= 4 is 27.3 Å². The highest BCUT2D eigenvalue weighted by atomic mass is 32.2. The van der Waals surface area contributed by atoms with E-state index in [1.807, 2.05) is 0 Å². The van der Waals surface area contributed by atoms with E-state index in [1.165, 1.54) is 16.8 Å². The predicted molar refractivity (Wildman–Crippen MR) is 99.6 cm³/mol. The van der Waals surface area contributed by atoms with Gasteiger partial charge in [-0.2, -0.15) is 5.10 Å². The van der Waals surface area contributed by atoms with Gasteiger partial charge in [0.2, 0.25) is 0 Å². The third kappa shape index (κ3) is 3.92. The lowest BCUT2D eigenvalue weighted by Crippen LogP contribution is -2.16. The number of benzene rings is 2. The summed E-state index contributed by atoms with van der Waals surface area (Å²) in [5.41, 5.74) is 1.98. The zero-order chi connectivity index (χ0) is 18.7. The molecule has 0 aliphatic heterocycles. The van der Waals surface area contributed by atoms with Crippen LogP contribution in [0.15, 0.2) is 65.6 Å². The third-order valence-corrected chi connectivity index (χ3v) is 5.06. The van der Waals surface area contributed by atoms with E-state index >= 15 is 0 Å². The summed E-state index contributed by atoms with van der Waals surface area (Å²) in [5, 5.41) is 6.88. The maximum Gasteiger partial charge on any atom is 0.273 e. The zero-order valence-corrected chi connectivity index (χ0v) is 15.1. The lowest BCUT2D eigenvalue weighted by molar-refractivity contribution is 0.101. The number of hydrogen-bond acceptors (Lipinski definition) is 4. The van der Waals surface area contributed by atoms with Crippen LogP contribution in [0.25, 0.3) is 0 Å². The highest BCUT2D eigenvalue weighted by molar-refractivity contribution is 7.92. The summed E-state index contributed by atoms with van der Waals surface area (Å²) in [7, 11) is -2.00. The van der Waals surface area contributed by atoms with Gasteiger partial charge in [-0.3, -0.25) is 14.2 Å². The normalized spacial score (nSPS) is 11.2. The number of nitrogens with zero attached hydrogens (tertiary/aromatic N) is 2. The summed E-state index contributed by atoms with van der Waals surface area (Å²) < 4.78 is 28.8. The van der Waals surface area contributed by atoms with Crippen molar-refractivity contribution in [1.29, 1.82) is 0 Å². The van der Waals surface area contributed by atoms with Crippen molar-refractivity contribution in [2.24, 2.45) is 7.05 Å². The van der Waals surface area contributed by atoms with Crippen LogP contribution in [-0.2, 0) is 17.1 Å². The Morgan fingerprint density at radius 2 is 1.69 bits per heavy atom. The largest absolute Gasteiger partial charge is 0.321 e. The molecule has 3 aromatic rings. The van der Waals surface area contributed by atoms with Crippen LogP contribution in [0.3, 0.4) is 0 Å². The van der Waals surface area contributed by atoms with Crippen LogP contribution in [0, 0.1) is 6.92 Å². The molecule has 0 spiro atoms. The van der Waals surface area contributed by atoms with Crippen molar-refractivity contribution in [3.05, 3.63) is 72.1 Å². The fraction of sp³-hybridized carbons (Fsp3) is 0.111. The molecule has 0 radical (unpaired) electrons. The smallest absolute Gasteiger partial charge is 0.273 e. The van der Waals surface area contributed by atoms with Gasteiger partial charge in [-0.05, 0) is 43.3 Å². The number of hydrogen-bond donors (Lipinski definition) is 2. The Hall–Kier alpha value is -3.13. The van der Waals surface area contributed by atoms with E-state index in [0.29, 0.717) is 17.1 Å². The van der Waals surface area contributed by atoms with E-state index in [0.717, 1.165) is 5.69 Å². The van der Waals surface area contributed by atoms with Gasteiger partial charge in [0.1, 0.15) is 5.69 Å². The first-order valence-corrected chi connectivity index (χ1v) is 9.33. The first-order valence-electron chi connectivity index (χ1n) is 7.85. The van der Waals surface area contributed by atoms with Crippen molar-refractivity contribution in [3.8, 4) is 0 Å². The second-order valence-electron chi connectivity index (χ2n) is 5.75. The van der Waals surface area contributed by atoms with Gasteiger partial charge in [0.15, 0.2) is 0 Å². The van der Waals surface area contributed by atoms with Gasteiger partial charge in [0, 0.05) is 12.7 Å². The monoisotopic (exact) mass is 370 g/mol. The molecule has 8 heteroatoms. The van der Waals surface area contributed by atoms with E-state index in [2.05, 4.69) is 15.1 Å². The molecule has 1 heterocycles. The number of carbonyl (C=O) groups excluding carboxylic acids is 1. The molecule has 0 bridgehead atoms. The number of anilines is 2. The molecule has 1 aromatic heterocycles. The highest BCUT2D eigenvalue weighted by Crippen LogP contribution is 2.20. The molecular formula is C18H18N4O3S. The second kappa shape index (κ2) is 7.01. The molecule has 0 fully saturated rings. The number of sulfonamides is 1. The number of carbonyl (C=O) groups is 1. The molecule has 3 rings (SSSR count). The summed E-state index contributed by atoms with van der Waals surface area (Å²) in [6.45, 7) is 1.80. The second-order valence-corrected chi connectivity index (χ2v) is 7.43. The first-order chi connectivity index (χ1) is 12.3. The maximum atomic E-state index is 12.4. The Morgan fingerprint density at radius 3 is 2.35 bits per heavy atom. The highest BCUT2D eigenvalue weighted by Gasteiger charge is 2.15. The van der Waals surface area contributed by atoms with Gasteiger partial charge in [-0.25, -0.2) is 8.42 Å². The van der Waals surface area contributed by atoms with E-state index < -0.39 is 10.0 Å². The van der Waals surface area contributed by atoms with Crippen molar-refractivity contribution in [2.75, 3.05) is 10.0 Å². The van der Waals surface area contributed by atoms with Crippen LogP contribution in [0.1, 0.15) is 16.2 Å². The standard InChI is InChI=1S/C18H18N4O3S/c1-13-11-17(22(2)20-13)18(23)19-14-7-6-8-15(12-14)21-26(24,25)16-9-4-3-5-10-16/h3-12,21H,1-2H3,(H,19,23). The van der Waals surface area contributed by atoms with Gasteiger partial charge >= 0.3 is 0 Å². The SMILES string of the molecule is Cc1cc(C(=O)Nc2cccc(NS(=O)(=O)c3ccccc3)c2)n(C)n1. The van der Waals surface area contributed by atoms with Crippen molar-refractivity contribution in [3.63, 3.8) is 0 Å². The number of rotatable bonds is 5. The van der Waals surface area contributed by atoms with Gasteiger partial charge in [-0.1, -0.05) is 24.3 Å². The fourth-order valence-corrected chi connectivity index (χ4v) is 3.56. The quantitative estimate of drug-likeness (QED) is 0.722. The van der Waals surface area contributed by atoms with Crippen LogP contribution < -0.4 is 10.0 Å². The topological polar surface area (TPSA) is 93.1 Å². The predicted octanol–water partition coefficient (Wildman–Crippen LogP) is 2.78. The molecule has 7 nitrogen and oxygen atoms in total. The average molecular weight is 370 g/mol. The van der Waals surface area contributed by atoms with E-state index in [9.17, 15) is 13.2 Å².